The van der Waals surface area contributed by atoms with Crippen molar-refractivity contribution < 1.29 is 51.0 Å². The smallest absolute Gasteiger partial charge is 0.258 e. The van der Waals surface area contributed by atoms with Crippen LogP contribution in [-0.2, 0) is 19.2 Å². The average Bonchev–Trinajstić information content (AvgIpc) is 3.33. The quantitative estimate of drug-likeness (QED) is 0.133. The molecular formula is C27H17Cl2F5N2O6. The molecule has 2 heterocycles. The zero-order valence-electron chi connectivity index (χ0n) is 21.1. The number of ether oxygens (including phenoxy) is 1. The fraction of sp³-hybridized carbons (Fsp3) is 0.333. The summed E-state index contributed by atoms with van der Waals surface area (Å²) in [5, 5.41) is 13.2. The van der Waals surface area contributed by atoms with E-state index in [1.54, 1.807) is 0 Å². The first-order chi connectivity index (χ1) is 19.7. The molecular weight excluding hydrogens is 614 g/mol. The number of nitrogens with zero attached hydrogens (tertiary/aromatic N) is 1. The number of imide groups is 2. The van der Waals surface area contributed by atoms with Gasteiger partial charge < -0.3 is 9.84 Å². The highest BCUT2D eigenvalue weighted by molar-refractivity contribution is 6.58. The Bertz CT molecular complexity index is 1660. The van der Waals surface area contributed by atoms with Crippen LogP contribution in [0.1, 0.15) is 24.3 Å². The predicted molar refractivity (Wildman–Crippen MR) is 134 cm³/mol. The number of phenolic OH excluding ortho intramolecular Hbond substituents is 1. The lowest BCUT2D eigenvalue weighted by molar-refractivity contribution is -0.127. The highest BCUT2D eigenvalue weighted by Gasteiger charge is 2.77. The van der Waals surface area contributed by atoms with Crippen LogP contribution in [0.15, 0.2) is 29.8 Å². The third kappa shape index (κ3) is 3.34. The molecule has 2 aliphatic carbocycles. The molecule has 0 aromatic heterocycles. The molecule has 1 saturated carbocycles. The van der Waals surface area contributed by atoms with Gasteiger partial charge in [-0.05, 0) is 24.8 Å². The number of anilines is 1. The van der Waals surface area contributed by atoms with Crippen LogP contribution in [0.2, 0.25) is 0 Å². The van der Waals surface area contributed by atoms with Crippen molar-refractivity contribution >= 4 is 52.5 Å². The number of alkyl halides is 2. The zero-order chi connectivity index (χ0) is 30.6. The van der Waals surface area contributed by atoms with Gasteiger partial charge in [-0.15, -0.1) is 23.2 Å². The first kappa shape index (κ1) is 28.4. The lowest BCUT2D eigenvalue weighted by Gasteiger charge is -2.50. The number of aromatic hydroxyl groups is 1. The lowest BCUT2D eigenvalue weighted by atomic mass is 9.56. The molecule has 2 aliphatic heterocycles. The number of amides is 4. The molecule has 15 heteroatoms. The predicted octanol–water partition coefficient (Wildman–Crippen LogP) is 3.95. The first-order valence-electron chi connectivity index (χ1n) is 12.4. The maximum Gasteiger partial charge on any atom is 0.258 e. The number of carbonyl (C=O) groups is 4. The van der Waals surface area contributed by atoms with Crippen molar-refractivity contribution in [3.05, 3.63) is 64.5 Å². The number of fused-ring (bicyclic) bond motifs is 4. The summed E-state index contributed by atoms with van der Waals surface area (Å²) in [5.74, 6) is -21.8. The summed E-state index contributed by atoms with van der Waals surface area (Å²) >= 11 is 13.9. The van der Waals surface area contributed by atoms with Gasteiger partial charge in [0.25, 0.3) is 11.8 Å². The topological polar surface area (TPSA) is 113 Å². The molecule has 2 saturated heterocycles. The van der Waals surface area contributed by atoms with E-state index in [1.165, 1.54) is 25.3 Å². The Morgan fingerprint density at radius 2 is 1.55 bits per heavy atom. The van der Waals surface area contributed by atoms with E-state index >= 15 is 0 Å². The van der Waals surface area contributed by atoms with Crippen LogP contribution in [0.4, 0.5) is 27.6 Å². The van der Waals surface area contributed by atoms with Crippen LogP contribution < -0.4 is 15.0 Å². The highest BCUT2D eigenvalue weighted by atomic mass is 35.5. The van der Waals surface area contributed by atoms with Gasteiger partial charge in [-0.3, -0.25) is 24.5 Å². The van der Waals surface area contributed by atoms with Gasteiger partial charge in [-0.2, -0.15) is 0 Å². The molecule has 2 aromatic rings. The molecule has 6 rings (SSSR count). The van der Waals surface area contributed by atoms with Crippen LogP contribution in [0, 0.1) is 46.8 Å². The van der Waals surface area contributed by atoms with Gasteiger partial charge in [0.2, 0.25) is 17.6 Å². The Kier molecular flexibility index (Phi) is 6.18. The van der Waals surface area contributed by atoms with E-state index in [2.05, 4.69) is 5.32 Å². The molecule has 0 unspecified atom stereocenters. The third-order valence-corrected chi connectivity index (χ3v) is 10.0. The molecule has 220 valence electrons. The number of methoxy groups -OCH3 is 1. The minimum Gasteiger partial charge on any atom is -0.508 e. The molecule has 2 aromatic carbocycles. The van der Waals surface area contributed by atoms with Crippen molar-refractivity contribution in [2.24, 2.45) is 17.8 Å². The van der Waals surface area contributed by atoms with E-state index in [0.717, 1.165) is 6.07 Å². The van der Waals surface area contributed by atoms with Crippen LogP contribution in [0.25, 0.3) is 0 Å². The lowest BCUT2D eigenvalue weighted by Crippen LogP contribution is -2.60. The van der Waals surface area contributed by atoms with E-state index in [9.17, 15) is 46.2 Å². The minimum absolute atomic E-state index is 0.00671. The molecule has 6 atom stereocenters. The van der Waals surface area contributed by atoms with Crippen LogP contribution in [-0.4, -0.2) is 45.6 Å². The van der Waals surface area contributed by atoms with Crippen molar-refractivity contribution in [1.82, 2.24) is 5.32 Å². The Balaban J connectivity index is 1.62. The molecule has 42 heavy (non-hydrogen) atoms. The fourth-order valence-corrected chi connectivity index (χ4v) is 7.64. The number of hydrogen-bond acceptors (Lipinski definition) is 6. The average molecular weight is 631 g/mol. The summed E-state index contributed by atoms with van der Waals surface area (Å²) in [6.07, 6.45) is 0.876. The van der Waals surface area contributed by atoms with Gasteiger partial charge in [0.15, 0.2) is 33.0 Å². The first-order valence-corrected chi connectivity index (χ1v) is 13.2. The Labute approximate surface area is 243 Å². The standard InChI is InChI=1S/C27H17Cl2F5N2O6/c1-42-8-2-3-10(13(37)6-8)15-9-4-5-11-14(23(39)35-22(11)38)12(9)7-26(28)24(40)36(25(41)27(15,26)29)21-19(33)17(31)16(30)18(32)20(21)34/h2-4,6,11-12,14-15,37H,5,7H2,1H3,(H,35,38,39)/t11-,12+,14-,15+,26+,27-/m0/s1. The molecule has 0 spiro atoms. The molecule has 4 amide bonds. The number of allylic oxidation sites excluding steroid dienone is 2. The molecule has 4 aliphatic rings. The highest BCUT2D eigenvalue weighted by Crippen LogP contribution is 2.66. The number of hydrogen-bond donors (Lipinski definition) is 2. The Morgan fingerprint density at radius 1 is 0.929 bits per heavy atom. The van der Waals surface area contributed by atoms with Crippen molar-refractivity contribution in [1.29, 1.82) is 0 Å². The minimum atomic E-state index is -2.72. The SMILES string of the molecule is COc1ccc([C@H]2C3=CC[C@@H]4C(=O)NC(=O)[C@@H]4[C@@H]3C[C@@]3(Cl)C(=O)N(c4c(F)c(F)c(F)c(F)c4F)C(=O)[C@@]23Cl)c(O)c1. The summed E-state index contributed by atoms with van der Waals surface area (Å²) in [5.41, 5.74) is -1.78. The second-order valence-electron chi connectivity index (χ2n) is 10.5. The molecule has 2 N–H and O–H groups in total. The number of halogens is 7. The largest absolute Gasteiger partial charge is 0.508 e. The second kappa shape index (κ2) is 9.14. The van der Waals surface area contributed by atoms with Gasteiger partial charge in [-0.1, -0.05) is 17.7 Å². The number of nitrogens with one attached hydrogen (secondary N) is 1. The Hall–Kier alpha value is -3.71. The van der Waals surface area contributed by atoms with Crippen LogP contribution in [0.3, 0.4) is 0 Å². The van der Waals surface area contributed by atoms with Crippen molar-refractivity contribution in [2.75, 3.05) is 12.0 Å². The van der Waals surface area contributed by atoms with Gasteiger partial charge in [0, 0.05) is 17.5 Å². The summed E-state index contributed by atoms with van der Waals surface area (Å²) < 4.78 is 77.2. The Morgan fingerprint density at radius 3 is 2.14 bits per heavy atom. The van der Waals surface area contributed by atoms with E-state index < -0.39 is 104 Å². The molecule has 0 radical (unpaired) electrons. The fourth-order valence-electron chi connectivity index (χ4n) is 6.72. The monoisotopic (exact) mass is 630 g/mol. The normalized spacial score (nSPS) is 31.9. The number of benzene rings is 2. The number of phenols is 1. The summed E-state index contributed by atoms with van der Waals surface area (Å²) in [6.45, 7) is 0. The van der Waals surface area contributed by atoms with Gasteiger partial charge in [0.05, 0.1) is 18.9 Å². The maximum atomic E-state index is 15.0. The second-order valence-corrected chi connectivity index (χ2v) is 11.7. The van der Waals surface area contributed by atoms with Gasteiger partial charge in [-0.25, -0.2) is 26.9 Å². The van der Waals surface area contributed by atoms with Crippen molar-refractivity contribution in [3.63, 3.8) is 0 Å². The molecule has 3 fully saturated rings. The van der Waals surface area contributed by atoms with Crippen molar-refractivity contribution in [3.8, 4) is 11.5 Å². The van der Waals surface area contributed by atoms with E-state index in [1.807, 2.05) is 0 Å². The zero-order valence-corrected chi connectivity index (χ0v) is 22.6. The van der Waals surface area contributed by atoms with Gasteiger partial charge >= 0.3 is 0 Å². The van der Waals surface area contributed by atoms with E-state index in [0.29, 0.717) is 0 Å². The number of rotatable bonds is 3. The number of carbonyl (C=O) groups excluding carboxylic acids is 4. The summed E-state index contributed by atoms with van der Waals surface area (Å²) in [4.78, 5) is 47.7. The van der Waals surface area contributed by atoms with Crippen LogP contribution in [0.5, 0.6) is 11.5 Å². The third-order valence-electron chi connectivity index (χ3n) is 8.61. The van der Waals surface area contributed by atoms with Gasteiger partial charge in [0.1, 0.15) is 17.2 Å². The summed E-state index contributed by atoms with van der Waals surface area (Å²) in [6, 6.07) is 3.81. The molecule has 0 bridgehead atoms. The van der Waals surface area contributed by atoms with Crippen LogP contribution >= 0.6 is 23.2 Å². The van der Waals surface area contributed by atoms with E-state index in [4.69, 9.17) is 27.9 Å². The van der Waals surface area contributed by atoms with E-state index in [-0.39, 0.29) is 28.2 Å². The summed E-state index contributed by atoms with van der Waals surface area (Å²) in [7, 11) is 1.30. The molecule has 8 nitrogen and oxygen atoms in total. The van der Waals surface area contributed by atoms with Crippen molar-refractivity contribution in [2.45, 2.75) is 28.5 Å². The maximum absolute atomic E-state index is 15.0.